The van der Waals surface area contributed by atoms with E-state index in [4.69, 9.17) is 14.2 Å². The Morgan fingerprint density at radius 3 is 1.96 bits per heavy atom. The molecule has 0 saturated heterocycles. The maximum absolute atomic E-state index is 10.9. The first-order chi connectivity index (χ1) is 13.2. The van der Waals surface area contributed by atoms with Crippen molar-refractivity contribution in [3.8, 4) is 23.6 Å². The average Bonchev–Trinajstić information content (AvgIpc) is 2.69. The molecule has 1 aromatic carbocycles. The standard InChI is InChI=1S/C21H26N2O4/c1-3-5-12-25-19-10-11-20(18(16-23)17(19)15-22)26-13-8-6-7-9-14-27-21(24)4-2/h4,10-11H,2-3,5-9,12-14H2,1H3. The van der Waals surface area contributed by atoms with E-state index in [-0.39, 0.29) is 11.1 Å². The molecule has 144 valence electrons. The maximum Gasteiger partial charge on any atom is 0.330 e. The molecule has 0 radical (unpaired) electrons. The van der Waals surface area contributed by atoms with Crippen LogP contribution in [0.5, 0.6) is 11.5 Å². The summed E-state index contributed by atoms with van der Waals surface area (Å²) in [7, 11) is 0. The normalized spacial score (nSPS) is 9.74. The van der Waals surface area contributed by atoms with Crippen molar-refractivity contribution in [2.75, 3.05) is 19.8 Å². The third kappa shape index (κ3) is 7.83. The second-order valence-electron chi connectivity index (χ2n) is 5.87. The van der Waals surface area contributed by atoms with E-state index in [1.807, 2.05) is 12.1 Å². The monoisotopic (exact) mass is 370 g/mol. The minimum atomic E-state index is -0.405. The second kappa shape index (κ2) is 13.2. The fourth-order valence-corrected chi connectivity index (χ4v) is 2.32. The van der Waals surface area contributed by atoms with Gasteiger partial charge in [-0.3, -0.25) is 0 Å². The van der Waals surface area contributed by atoms with Crippen LogP contribution in [0.25, 0.3) is 0 Å². The molecule has 0 amide bonds. The highest BCUT2D eigenvalue weighted by Crippen LogP contribution is 2.30. The van der Waals surface area contributed by atoms with Crippen LogP contribution < -0.4 is 9.47 Å². The molecule has 0 unspecified atom stereocenters. The van der Waals surface area contributed by atoms with Crippen molar-refractivity contribution >= 4 is 5.97 Å². The molecule has 27 heavy (non-hydrogen) atoms. The van der Waals surface area contributed by atoms with Gasteiger partial charge in [-0.25, -0.2) is 4.79 Å². The van der Waals surface area contributed by atoms with Crippen LogP contribution in [0, 0.1) is 22.7 Å². The topological polar surface area (TPSA) is 92.3 Å². The van der Waals surface area contributed by atoms with E-state index in [1.165, 1.54) is 0 Å². The predicted molar refractivity (Wildman–Crippen MR) is 101 cm³/mol. The van der Waals surface area contributed by atoms with E-state index >= 15 is 0 Å². The zero-order valence-electron chi connectivity index (χ0n) is 15.8. The summed E-state index contributed by atoms with van der Waals surface area (Å²) >= 11 is 0. The zero-order valence-corrected chi connectivity index (χ0v) is 15.8. The third-order valence-corrected chi connectivity index (χ3v) is 3.82. The summed E-state index contributed by atoms with van der Waals surface area (Å²) in [4.78, 5) is 10.9. The number of hydrogen-bond donors (Lipinski definition) is 0. The molecule has 0 bridgehead atoms. The van der Waals surface area contributed by atoms with E-state index in [0.717, 1.165) is 44.6 Å². The van der Waals surface area contributed by atoms with Gasteiger partial charge in [0.05, 0.1) is 19.8 Å². The van der Waals surface area contributed by atoms with Crippen LogP contribution in [0.4, 0.5) is 0 Å². The highest BCUT2D eigenvalue weighted by atomic mass is 16.5. The lowest BCUT2D eigenvalue weighted by Crippen LogP contribution is -2.04. The van der Waals surface area contributed by atoms with Gasteiger partial charge in [-0.05, 0) is 44.2 Å². The lowest BCUT2D eigenvalue weighted by Gasteiger charge is -2.12. The second-order valence-corrected chi connectivity index (χ2v) is 5.87. The van der Waals surface area contributed by atoms with E-state index < -0.39 is 5.97 Å². The number of esters is 1. The van der Waals surface area contributed by atoms with E-state index in [0.29, 0.717) is 31.3 Å². The Bertz CT molecular complexity index is 701. The zero-order chi connectivity index (χ0) is 19.9. The van der Waals surface area contributed by atoms with Crippen LogP contribution in [0.2, 0.25) is 0 Å². The number of carbonyl (C=O) groups is 1. The van der Waals surface area contributed by atoms with Gasteiger partial charge in [0.15, 0.2) is 0 Å². The Labute approximate surface area is 161 Å². The number of hydrogen-bond acceptors (Lipinski definition) is 6. The summed E-state index contributed by atoms with van der Waals surface area (Å²) < 4.78 is 16.2. The first-order valence-corrected chi connectivity index (χ1v) is 9.19. The van der Waals surface area contributed by atoms with Crippen molar-refractivity contribution in [2.24, 2.45) is 0 Å². The van der Waals surface area contributed by atoms with Crippen molar-refractivity contribution in [3.63, 3.8) is 0 Å². The first kappa shape index (κ1) is 22.1. The van der Waals surface area contributed by atoms with E-state index in [2.05, 4.69) is 13.5 Å². The van der Waals surface area contributed by atoms with Gasteiger partial charge in [0.2, 0.25) is 0 Å². The minimum Gasteiger partial charge on any atom is -0.492 e. The number of benzene rings is 1. The highest BCUT2D eigenvalue weighted by molar-refractivity contribution is 5.81. The van der Waals surface area contributed by atoms with Gasteiger partial charge in [-0.1, -0.05) is 19.9 Å². The smallest absolute Gasteiger partial charge is 0.330 e. The number of carbonyl (C=O) groups excluding carboxylic acids is 1. The van der Waals surface area contributed by atoms with Gasteiger partial charge < -0.3 is 14.2 Å². The summed E-state index contributed by atoms with van der Waals surface area (Å²) in [5.74, 6) is 0.415. The SMILES string of the molecule is C=CC(=O)OCCCCCCOc1ccc(OCCCC)c(C#N)c1C#N. The largest absolute Gasteiger partial charge is 0.492 e. The highest BCUT2D eigenvalue weighted by Gasteiger charge is 2.15. The molecule has 0 saturated carbocycles. The molecule has 0 spiro atoms. The molecule has 6 nitrogen and oxygen atoms in total. The summed E-state index contributed by atoms with van der Waals surface area (Å²) in [6, 6.07) is 7.45. The maximum atomic E-state index is 10.9. The lowest BCUT2D eigenvalue weighted by atomic mass is 10.1. The van der Waals surface area contributed by atoms with Crippen LogP contribution in [-0.4, -0.2) is 25.8 Å². The van der Waals surface area contributed by atoms with Crippen molar-refractivity contribution < 1.29 is 19.0 Å². The van der Waals surface area contributed by atoms with Crippen molar-refractivity contribution in [1.82, 2.24) is 0 Å². The molecule has 6 heteroatoms. The summed E-state index contributed by atoms with van der Waals surface area (Å²) in [6.45, 7) is 6.74. The third-order valence-electron chi connectivity index (χ3n) is 3.82. The Morgan fingerprint density at radius 2 is 1.48 bits per heavy atom. The van der Waals surface area contributed by atoms with Gasteiger partial charge in [-0.15, -0.1) is 0 Å². The molecule has 1 aromatic rings. The number of nitriles is 2. The fraction of sp³-hybridized carbons (Fsp3) is 0.476. The number of rotatable bonds is 13. The van der Waals surface area contributed by atoms with Gasteiger partial charge in [0, 0.05) is 6.08 Å². The molecular formula is C21H26N2O4. The minimum absolute atomic E-state index is 0.211. The van der Waals surface area contributed by atoms with Gasteiger partial charge in [-0.2, -0.15) is 10.5 Å². The van der Waals surface area contributed by atoms with Crippen LogP contribution in [0.3, 0.4) is 0 Å². The molecule has 0 aromatic heterocycles. The fourth-order valence-electron chi connectivity index (χ4n) is 2.32. The molecule has 0 atom stereocenters. The molecule has 0 aliphatic rings. The number of nitrogens with zero attached hydrogens (tertiary/aromatic N) is 2. The Balaban J connectivity index is 2.46. The Kier molecular flexibility index (Phi) is 10.8. The number of unbranched alkanes of at least 4 members (excludes halogenated alkanes) is 4. The quantitative estimate of drug-likeness (QED) is 0.292. The Hall–Kier alpha value is -2.99. The van der Waals surface area contributed by atoms with Gasteiger partial charge in [0.1, 0.15) is 34.8 Å². The average molecular weight is 370 g/mol. The van der Waals surface area contributed by atoms with Gasteiger partial charge >= 0.3 is 5.97 Å². The van der Waals surface area contributed by atoms with E-state index in [9.17, 15) is 15.3 Å². The van der Waals surface area contributed by atoms with Crippen LogP contribution in [-0.2, 0) is 9.53 Å². The van der Waals surface area contributed by atoms with Gasteiger partial charge in [0.25, 0.3) is 0 Å². The van der Waals surface area contributed by atoms with Crippen molar-refractivity contribution in [3.05, 3.63) is 35.9 Å². The summed E-state index contributed by atoms with van der Waals surface area (Å²) in [5.41, 5.74) is 0.429. The summed E-state index contributed by atoms with van der Waals surface area (Å²) in [5, 5.41) is 18.8. The molecule has 0 aliphatic carbocycles. The van der Waals surface area contributed by atoms with Crippen molar-refractivity contribution in [2.45, 2.75) is 45.4 Å². The molecule has 0 aliphatic heterocycles. The predicted octanol–water partition coefficient (Wildman–Crippen LogP) is 4.28. The summed E-state index contributed by atoms with van der Waals surface area (Å²) in [6.07, 6.45) is 6.44. The lowest BCUT2D eigenvalue weighted by molar-refractivity contribution is -0.137. The van der Waals surface area contributed by atoms with Crippen LogP contribution in [0.15, 0.2) is 24.8 Å². The number of ether oxygens (including phenoxy) is 3. The van der Waals surface area contributed by atoms with E-state index in [1.54, 1.807) is 12.1 Å². The first-order valence-electron chi connectivity index (χ1n) is 9.19. The Morgan fingerprint density at radius 1 is 0.963 bits per heavy atom. The molecule has 1 rings (SSSR count). The molecule has 0 N–H and O–H groups in total. The van der Waals surface area contributed by atoms with Crippen molar-refractivity contribution in [1.29, 1.82) is 10.5 Å². The molecule has 0 fully saturated rings. The van der Waals surface area contributed by atoms with Crippen LogP contribution >= 0.6 is 0 Å². The molecular weight excluding hydrogens is 344 g/mol. The van der Waals surface area contributed by atoms with Crippen LogP contribution in [0.1, 0.15) is 56.6 Å². The molecule has 0 heterocycles.